The molecule has 1 aliphatic rings. The summed E-state index contributed by atoms with van der Waals surface area (Å²) in [6.07, 6.45) is 0.737. The maximum absolute atomic E-state index is 10.4. The van der Waals surface area contributed by atoms with Crippen LogP contribution < -0.4 is 4.74 Å². The van der Waals surface area contributed by atoms with Gasteiger partial charge in [0.2, 0.25) is 5.75 Å². The molecule has 0 atom stereocenters. The van der Waals surface area contributed by atoms with Gasteiger partial charge in [-0.25, -0.2) is 0 Å². The van der Waals surface area contributed by atoms with Gasteiger partial charge in [0.25, 0.3) is 0 Å². The molecular weight excluding hydrogens is 144 g/mol. The Hall–Kier alpha value is -1.51. The van der Waals surface area contributed by atoms with Crippen molar-refractivity contribution < 1.29 is 14.6 Å². The van der Waals surface area contributed by atoms with Gasteiger partial charge in [-0.1, -0.05) is 0 Å². The highest BCUT2D eigenvalue weighted by Gasteiger charge is 2.30. The fourth-order valence-electron chi connectivity index (χ4n) is 1.10. The molecule has 56 valence electrons. The minimum atomic E-state index is 0.114. The van der Waals surface area contributed by atoms with Crippen LogP contribution in [0.15, 0.2) is 6.07 Å². The number of hydrogen-bond acceptors (Lipinski definition) is 3. The second-order valence-corrected chi connectivity index (χ2v) is 2.50. The van der Waals surface area contributed by atoms with Crippen LogP contribution in [-0.2, 0) is 0 Å². The van der Waals surface area contributed by atoms with E-state index < -0.39 is 0 Å². The molecule has 0 saturated carbocycles. The predicted octanol–water partition coefficient (Wildman–Crippen LogP) is 1.62. The average molecular weight is 150 g/mol. The maximum atomic E-state index is 10.4. The molecule has 3 heteroatoms. The number of rotatable bonds is 1. The van der Waals surface area contributed by atoms with Gasteiger partial charge in [-0.2, -0.15) is 0 Å². The van der Waals surface area contributed by atoms with E-state index in [-0.39, 0.29) is 5.75 Å². The van der Waals surface area contributed by atoms with E-state index in [0.29, 0.717) is 17.1 Å². The van der Waals surface area contributed by atoms with Crippen LogP contribution in [0.25, 0.3) is 0 Å². The number of benzene rings is 1. The summed E-state index contributed by atoms with van der Waals surface area (Å²) in [6.45, 7) is 1.76. The Morgan fingerprint density at radius 2 is 2.27 bits per heavy atom. The molecular formula is C8H6O3. The molecule has 1 N–H and O–H groups in total. The number of phenols is 1. The lowest BCUT2D eigenvalue weighted by Gasteiger charge is -1.91. The molecule has 1 aromatic rings. The number of aryl methyl sites for hydroxylation is 1. The monoisotopic (exact) mass is 150 g/mol. The van der Waals surface area contributed by atoms with E-state index in [0.717, 1.165) is 11.8 Å². The number of fused-ring (bicyclic) bond motifs is 1. The molecule has 1 aromatic carbocycles. The second-order valence-electron chi connectivity index (χ2n) is 2.50. The first-order chi connectivity index (χ1) is 5.24. The van der Waals surface area contributed by atoms with Crippen molar-refractivity contribution in [3.63, 3.8) is 0 Å². The lowest BCUT2D eigenvalue weighted by atomic mass is 10.1. The molecule has 0 aromatic heterocycles. The molecule has 0 amide bonds. The Labute approximate surface area is 63.2 Å². The van der Waals surface area contributed by atoms with Gasteiger partial charge in [-0.3, -0.25) is 4.79 Å². The molecule has 3 nitrogen and oxygen atoms in total. The number of aldehydes is 1. The van der Waals surface area contributed by atoms with E-state index in [1.807, 2.05) is 0 Å². The fourth-order valence-corrected chi connectivity index (χ4v) is 1.10. The van der Waals surface area contributed by atoms with Crippen LogP contribution in [0.3, 0.4) is 0 Å². The van der Waals surface area contributed by atoms with Crippen LogP contribution in [0.5, 0.6) is 17.2 Å². The number of carbonyl (C=O) groups is 1. The van der Waals surface area contributed by atoms with E-state index in [9.17, 15) is 4.79 Å². The van der Waals surface area contributed by atoms with Crippen LogP contribution >= 0.6 is 0 Å². The Bertz CT molecular complexity index is 338. The average Bonchev–Trinajstić information content (AvgIpc) is 2.67. The summed E-state index contributed by atoms with van der Waals surface area (Å²) in [5.41, 5.74) is 1.28. The van der Waals surface area contributed by atoms with Crippen molar-refractivity contribution >= 4 is 6.29 Å². The number of carbonyl (C=O) groups excluding carboxylic acids is 1. The molecule has 0 aliphatic carbocycles. The van der Waals surface area contributed by atoms with Gasteiger partial charge in [0.1, 0.15) is 0 Å². The normalized spacial score (nSPS) is 11.7. The van der Waals surface area contributed by atoms with Crippen molar-refractivity contribution in [2.24, 2.45) is 0 Å². The van der Waals surface area contributed by atoms with Crippen LogP contribution in [-0.4, -0.2) is 11.4 Å². The summed E-state index contributed by atoms with van der Waals surface area (Å²) in [7, 11) is 0. The number of ether oxygens (including phenoxy) is 1. The third-order valence-corrected chi connectivity index (χ3v) is 1.74. The van der Waals surface area contributed by atoms with Gasteiger partial charge in [-0.15, -0.1) is 0 Å². The first-order valence-electron chi connectivity index (χ1n) is 3.23. The Morgan fingerprint density at radius 3 is 2.91 bits per heavy atom. The second kappa shape index (κ2) is 1.75. The van der Waals surface area contributed by atoms with Crippen molar-refractivity contribution in [2.75, 3.05) is 0 Å². The van der Waals surface area contributed by atoms with Crippen LogP contribution in [0.2, 0.25) is 0 Å². The first kappa shape index (κ1) is 6.22. The Kier molecular flexibility index (Phi) is 0.990. The van der Waals surface area contributed by atoms with Crippen LogP contribution in [0.4, 0.5) is 0 Å². The summed E-state index contributed by atoms with van der Waals surface area (Å²) >= 11 is 0. The van der Waals surface area contributed by atoms with Crippen molar-refractivity contribution in [1.82, 2.24) is 0 Å². The van der Waals surface area contributed by atoms with E-state index in [1.54, 1.807) is 6.92 Å². The van der Waals surface area contributed by atoms with E-state index in [2.05, 4.69) is 0 Å². The summed E-state index contributed by atoms with van der Waals surface area (Å²) < 4.78 is 4.89. The van der Waals surface area contributed by atoms with Crippen molar-refractivity contribution in [2.45, 2.75) is 6.92 Å². The molecule has 0 unspecified atom stereocenters. The van der Waals surface area contributed by atoms with Gasteiger partial charge in [-0.05, 0) is 18.6 Å². The molecule has 11 heavy (non-hydrogen) atoms. The number of aromatic hydroxyl groups is 1. The minimum Gasteiger partial charge on any atom is -0.504 e. The van der Waals surface area contributed by atoms with E-state index >= 15 is 0 Å². The minimum absolute atomic E-state index is 0.114. The molecule has 0 saturated heterocycles. The molecule has 0 radical (unpaired) electrons. The summed E-state index contributed by atoms with van der Waals surface area (Å²) in [4.78, 5) is 10.4. The van der Waals surface area contributed by atoms with Gasteiger partial charge in [0, 0.05) is 0 Å². The molecule has 0 fully saturated rings. The maximum Gasteiger partial charge on any atom is 0.212 e. The molecule has 1 heterocycles. The van der Waals surface area contributed by atoms with Crippen molar-refractivity contribution in [3.8, 4) is 17.2 Å². The number of hydrogen-bond donors (Lipinski definition) is 1. The summed E-state index contributed by atoms with van der Waals surface area (Å²) in [5.74, 6) is 1.08. The van der Waals surface area contributed by atoms with Gasteiger partial charge in [0.15, 0.2) is 17.8 Å². The highest BCUT2D eigenvalue weighted by Crippen LogP contribution is 2.54. The predicted molar refractivity (Wildman–Crippen MR) is 38.3 cm³/mol. The summed E-state index contributed by atoms with van der Waals surface area (Å²) in [6, 6.07) is 1.52. The molecule has 0 spiro atoms. The molecule has 2 rings (SSSR count). The fraction of sp³-hybridized carbons (Fsp3) is 0.125. The van der Waals surface area contributed by atoms with Crippen LogP contribution in [0.1, 0.15) is 15.9 Å². The molecule has 0 bridgehead atoms. The zero-order chi connectivity index (χ0) is 8.01. The highest BCUT2D eigenvalue weighted by molar-refractivity contribution is 5.88. The Balaban J connectivity index is 2.70. The third kappa shape index (κ3) is 0.707. The Morgan fingerprint density at radius 1 is 1.55 bits per heavy atom. The lowest BCUT2D eigenvalue weighted by molar-refractivity contribution is 0.112. The first-order valence-corrected chi connectivity index (χ1v) is 3.23. The highest BCUT2D eigenvalue weighted by atomic mass is 16.6. The smallest absolute Gasteiger partial charge is 0.212 e. The lowest BCUT2D eigenvalue weighted by Crippen LogP contribution is -1.80. The van der Waals surface area contributed by atoms with E-state index in [1.165, 1.54) is 6.07 Å². The zero-order valence-electron chi connectivity index (χ0n) is 5.92. The van der Waals surface area contributed by atoms with Gasteiger partial charge < -0.3 is 9.84 Å². The molecule has 1 aliphatic heterocycles. The summed E-state index contributed by atoms with van der Waals surface area (Å²) in [5, 5.41) is 9.13. The van der Waals surface area contributed by atoms with Crippen molar-refractivity contribution in [1.29, 1.82) is 0 Å². The largest absolute Gasteiger partial charge is 0.504 e. The van der Waals surface area contributed by atoms with Crippen molar-refractivity contribution in [3.05, 3.63) is 17.2 Å². The standard InChI is InChI=1S/C8H6O3/c1-4-2-6(10)8-7(11-8)5(4)3-9/h2-3,10H,1H3. The van der Waals surface area contributed by atoms with Gasteiger partial charge in [0.05, 0.1) is 5.56 Å². The SMILES string of the molecule is Cc1cc(O)c2c(c1C=O)O2. The topological polar surface area (TPSA) is 49.8 Å². The van der Waals surface area contributed by atoms with Crippen LogP contribution in [0, 0.1) is 6.92 Å². The number of phenolic OH excluding ortho intramolecular Hbond substituents is 1. The van der Waals surface area contributed by atoms with Gasteiger partial charge >= 0.3 is 0 Å². The zero-order valence-corrected chi connectivity index (χ0v) is 5.92. The third-order valence-electron chi connectivity index (χ3n) is 1.74. The quantitative estimate of drug-likeness (QED) is 0.496. The van der Waals surface area contributed by atoms with E-state index in [4.69, 9.17) is 9.84 Å².